The van der Waals surface area contributed by atoms with Gasteiger partial charge in [0, 0.05) is 19.3 Å². The third-order valence-electron chi connectivity index (χ3n) is 4.02. The number of para-hydroxylation sites is 2. The summed E-state index contributed by atoms with van der Waals surface area (Å²) in [4.78, 5) is 19.5. The third kappa shape index (κ3) is 5.30. The molecule has 2 rings (SSSR count). The van der Waals surface area contributed by atoms with Crippen molar-refractivity contribution < 1.29 is 22.8 Å². The first-order valence-corrected chi connectivity index (χ1v) is 8.80. The summed E-state index contributed by atoms with van der Waals surface area (Å²) in [5.41, 5.74) is -1.14. The summed E-state index contributed by atoms with van der Waals surface area (Å²) in [6.45, 7) is 2.12. The Balaban J connectivity index is 2.33. The second kappa shape index (κ2) is 9.34. The normalized spacial score (nSPS) is 11.3. The van der Waals surface area contributed by atoms with Crippen LogP contribution in [0.5, 0.6) is 5.88 Å². The van der Waals surface area contributed by atoms with Crippen LogP contribution >= 0.6 is 0 Å². The molecule has 0 saturated heterocycles. The summed E-state index contributed by atoms with van der Waals surface area (Å²) in [6.07, 6.45) is -0.642. The van der Waals surface area contributed by atoms with Crippen molar-refractivity contribution in [1.29, 1.82) is 0 Å². The van der Waals surface area contributed by atoms with E-state index >= 15 is 0 Å². The summed E-state index contributed by atoms with van der Waals surface area (Å²) in [5.74, 6) is -0.717. The van der Waals surface area contributed by atoms with Gasteiger partial charge >= 0.3 is 6.18 Å². The van der Waals surface area contributed by atoms with Crippen molar-refractivity contribution in [2.75, 3.05) is 18.6 Å². The summed E-state index contributed by atoms with van der Waals surface area (Å²) in [6, 6.07) is 5.83. The number of aromatic nitrogens is 2. The lowest BCUT2D eigenvalue weighted by Gasteiger charge is -2.19. The Kier molecular flexibility index (Phi) is 7.13. The highest BCUT2D eigenvalue weighted by molar-refractivity contribution is 5.68. The number of rotatable bonds is 9. The van der Waals surface area contributed by atoms with Crippen molar-refractivity contribution in [3.8, 4) is 5.88 Å². The van der Waals surface area contributed by atoms with Gasteiger partial charge in [-0.1, -0.05) is 38.3 Å². The molecule has 0 aliphatic heterocycles. The van der Waals surface area contributed by atoms with Gasteiger partial charge < -0.3 is 9.64 Å². The predicted octanol–water partition coefficient (Wildman–Crippen LogP) is 5.13. The van der Waals surface area contributed by atoms with Crippen molar-refractivity contribution in [3.05, 3.63) is 46.1 Å². The van der Waals surface area contributed by atoms with E-state index in [-0.39, 0.29) is 23.9 Å². The average Bonchev–Trinajstić information content (AvgIpc) is 2.66. The Morgan fingerprint density at radius 2 is 1.93 bits per heavy atom. The molecular weight excluding hydrogens is 377 g/mol. The molecule has 7 nitrogen and oxygen atoms in total. The van der Waals surface area contributed by atoms with Crippen LogP contribution in [0.15, 0.2) is 30.5 Å². The predicted molar refractivity (Wildman–Crippen MR) is 97.8 cm³/mol. The fourth-order valence-electron chi connectivity index (χ4n) is 2.53. The van der Waals surface area contributed by atoms with Crippen LogP contribution in [0.25, 0.3) is 0 Å². The molecule has 0 N–H and O–H groups in total. The van der Waals surface area contributed by atoms with Crippen LogP contribution in [0, 0.1) is 10.1 Å². The van der Waals surface area contributed by atoms with Gasteiger partial charge in [-0.2, -0.15) is 18.2 Å². The molecule has 1 aromatic heterocycles. The van der Waals surface area contributed by atoms with E-state index < -0.39 is 22.5 Å². The monoisotopic (exact) mass is 398 g/mol. The number of halogens is 3. The minimum Gasteiger partial charge on any atom is -0.477 e. The molecule has 0 saturated carbocycles. The van der Waals surface area contributed by atoms with Gasteiger partial charge in [0.1, 0.15) is 11.3 Å². The van der Waals surface area contributed by atoms with Crippen LogP contribution in [-0.4, -0.2) is 28.5 Å². The number of benzene rings is 1. The second-order valence-electron chi connectivity index (χ2n) is 6.10. The molecule has 1 heterocycles. The highest BCUT2D eigenvalue weighted by Crippen LogP contribution is 2.37. The van der Waals surface area contributed by atoms with E-state index in [1.54, 1.807) is 6.07 Å². The van der Waals surface area contributed by atoms with Crippen LogP contribution in [0.2, 0.25) is 0 Å². The Bertz CT molecular complexity index is 815. The van der Waals surface area contributed by atoms with E-state index in [0.29, 0.717) is 12.6 Å². The van der Waals surface area contributed by atoms with Crippen molar-refractivity contribution in [2.24, 2.45) is 0 Å². The Morgan fingerprint density at radius 3 is 2.57 bits per heavy atom. The van der Waals surface area contributed by atoms with E-state index in [1.807, 2.05) is 6.92 Å². The van der Waals surface area contributed by atoms with E-state index in [9.17, 15) is 23.3 Å². The molecule has 0 radical (unpaired) electrons. The molecule has 152 valence electrons. The lowest BCUT2D eigenvalue weighted by molar-refractivity contribution is -0.384. The highest BCUT2D eigenvalue weighted by Gasteiger charge is 2.36. The lowest BCUT2D eigenvalue weighted by Crippen LogP contribution is -2.18. The van der Waals surface area contributed by atoms with Crippen LogP contribution in [0.3, 0.4) is 0 Å². The number of nitro groups is 1. The van der Waals surface area contributed by atoms with E-state index in [0.717, 1.165) is 19.3 Å². The lowest BCUT2D eigenvalue weighted by atomic mass is 10.2. The van der Waals surface area contributed by atoms with Gasteiger partial charge in [-0.05, 0) is 12.5 Å². The molecule has 0 aliphatic carbocycles. The van der Waals surface area contributed by atoms with E-state index in [2.05, 4.69) is 9.97 Å². The molecule has 0 atom stereocenters. The number of ether oxygens (including phenoxy) is 1. The highest BCUT2D eigenvalue weighted by atomic mass is 19.4. The minimum atomic E-state index is -4.67. The number of unbranched alkanes of at least 4 members (excludes halogenated alkanes) is 3. The molecule has 0 aliphatic rings. The quantitative estimate of drug-likeness (QED) is 0.331. The van der Waals surface area contributed by atoms with Gasteiger partial charge in [0.15, 0.2) is 0 Å². The Hall–Kier alpha value is -2.91. The van der Waals surface area contributed by atoms with Crippen molar-refractivity contribution in [2.45, 2.75) is 38.8 Å². The number of hydrogen-bond acceptors (Lipinski definition) is 6. The first-order valence-electron chi connectivity index (χ1n) is 8.80. The number of anilines is 2. The molecule has 2 aromatic rings. The first kappa shape index (κ1) is 21.4. The SMILES string of the molecule is CCCCCCOc1nc(N(C)c2ccccc2[N+](=O)[O-])ncc1C(F)(F)F. The number of nitro benzene ring substituents is 1. The van der Waals surface area contributed by atoms with Crippen LogP contribution in [0.1, 0.15) is 38.2 Å². The molecule has 1 aromatic carbocycles. The second-order valence-corrected chi connectivity index (χ2v) is 6.10. The zero-order valence-electron chi connectivity index (χ0n) is 15.6. The zero-order chi connectivity index (χ0) is 20.7. The fraction of sp³-hybridized carbons (Fsp3) is 0.444. The van der Waals surface area contributed by atoms with Crippen LogP contribution in [-0.2, 0) is 6.18 Å². The standard InChI is InChI=1S/C18H21F3N4O3/c1-3-4-5-8-11-28-16-13(18(19,20)21)12-22-17(23-16)24(2)14-9-6-7-10-15(14)25(26)27/h6-7,9-10,12H,3-5,8,11H2,1-2H3. The van der Waals surface area contributed by atoms with Crippen molar-refractivity contribution >= 4 is 17.3 Å². The summed E-state index contributed by atoms with van der Waals surface area (Å²) in [7, 11) is 1.44. The summed E-state index contributed by atoms with van der Waals surface area (Å²) < 4.78 is 45.0. The molecule has 28 heavy (non-hydrogen) atoms. The van der Waals surface area contributed by atoms with Gasteiger partial charge in [-0.25, -0.2) is 4.98 Å². The molecule has 0 amide bonds. The summed E-state index contributed by atoms with van der Waals surface area (Å²) >= 11 is 0. The first-order chi connectivity index (χ1) is 13.3. The van der Waals surface area contributed by atoms with Gasteiger partial charge in [0.05, 0.1) is 11.5 Å². The maximum absolute atomic E-state index is 13.2. The number of alkyl halides is 3. The zero-order valence-corrected chi connectivity index (χ0v) is 15.6. The van der Waals surface area contributed by atoms with Crippen LogP contribution in [0.4, 0.5) is 30.5 Å². The average molecular weight is 398 g/mol. The van der Waals surface area contributed by atoms with E-state index in [4.69, 9.17) is 4.74 Å². The van der Waals surface area contributed by atoms with Gasteiger partial charge in [-0.3, -0.25) is 10.1 Å². The topological polar surface area (TPSA) is 81.4 Å². The van der Waals surface area contributed by atoms with Crippen LogP contribution < -0.4 is 9.64 Å². The molecule has 10 heteroatoms. The van der Waals surface area contributed by atoms with Gasteiger partial charge in [-0.15, -0.1) is 0 Å². The summed E-state index contributed by atoms with van der Waals surface area (Å²) in [5, 5.41) is 11.2. The molecule has 0 spiro atoms. The Labute approximate surface area is 160 Å². The molecular formula is C18H21F3N4O3. The molecule has 0 bridgehead atoms. The fourth-order valence-corrected chi connectivity index (χ4v) is 2.53. The molecule has 0 unspecified atom stereocenters. The number of hydrogen-bond donors (Lipinski definition) is 0. The largest absolute Gasteiger partial charge is 0.477 e. The smallest absolute Gasteiger partial charge is 0.423 e. The van der Waals surface area contributed by atoms with Gasteiger partial charge in [0.2, 0.25) is 11.8 Å². The maximum atomic E-state index is 13.2. The third-order valence-corrected chi connectivity index (χ3v) is 4.02. The van der Waals surface area contributed by atoms with Crippen molar-refractivity contribution in [1.82, 2.24) is 9.97 Å². The molecule has 0 fully saturated rings. The van der Waals surface area contributed by atoms with Gasteiger partial charge in [0.25, 0.3) is 5.69 Å². The minimum absolute atomic E-state index is 0.0920. The van der Waals surface area contributed by atoms with Crippen molar-refractivity contribution in [3.63, 3.8) is 0 Å². The maximum Gasteiger partial charge on any atom is 0.423 e. The number of nitrogens with zero attached hydrogens (tertiary/aromatic N) is 4. The van der Waals surface area contributed by atoms with E-state index in [1.165, 1.54) is 30.1 Å². The Morgan fingerprint density at radius 1 is 1.21 bits per heavy atom.